The van der Waals surface area contributed by atoms with E-state index in [-0.39, 0.29) is 19.0 Å². The summed E-state index contributed by atoms with van der Waals surface area (Å²) in [4.78, 5) is 12.4. The predicted octanol–water partition coefficient (Wildman–Crippen LogP) is 3.89. The summed E-state index contributed by atoms with van der Waals surface area (Å²) in [6.45, 7) is 1.12. The molecule has 7 nitrogen and oxygen atoms in total. The third-order valence-electron chi connectivity index (χ3n) is 5.08. The normalized spacial score (nSPS) is 12.8. The molecule has 0 aliphatic carbocycles. The SMILES string of the molecule is Cn1cc(CC(=O)OCc2cc(-c3ccc4c(c3)OCCO4)on2)c2ccccc21. The van der Waals surface area contributed by atoms with Gasteiger partial charge in [-0.15, -0.1) is 0 Å². The first-order valence-corrected chi connectivity index (χ1v) is 9.71. The molecule has 0 fully saturated rings. The Morgan fingerprint density at radius 3 is 2.83 bits per heavy atom. The highest BCUT2D eigenvalue weighted by Gasteiger charge is 2.16. The van der Waals surface area contributed by atoms with Gasteiger partial charge in [-0.05, 0) is 29.8 Å². The first-order chi connectivity index (χ1) is 14.7. The quantitative estimate of drug-likeness (QED) is 0.470. The fraction of sp³-hybridized carbons (Fsp3) is 0.217. The van der Waals surface area contributed by atoms with Crippen molar-refractivity contribution in [2.24, 2.45) is 7.05 Å². The monoisotopic (exact) mass is 404 g/mol. The second-order valence-corrected chi connectivity index (χ2v) is 7.16. The summed E-state index contributed by atoms with van der Waals surface area (Å²) in [5.74, 6) is 1.66. The van der Waals surface area contributed by atoms with Crippen molar-refractivity contribution in [2.45, 2.75) is 13.0 Å². The second kappa shape index (κ2) is 7.59. The van der Waals surface area contributed by atoms with Crippen molar-refractivity contribution in [3.05, 3.63) is 66.0 Å². The number of rotatable bonds is 5. The van der Waals surface area contributed by atoms with Crippen LogP contribution in [0, 0.1) is 0 Å². The van der Waals surface area contributed by atoms with Crippen LogP contribution in [0.1, 0.15) is 11.3 Å². The van der Waals surface area contributed by atoms with Gasteiger partial charge in [0.25, 0.3) is 0 Å². The third-order valence-corrected chi connectivity index (χ3v) is 5.08. The lowest BCUT2D eigenvalue weighted by Gasteiger charge is -2.18. The Bertz CT molecular complexity index is 1220. The van der Waals surface area contributed by atoms with Crippen LogP contribution in [0.5, 0.6) is 11.5 Å². The molecule has 0 radical (unpaired) electrons. The van der Waals surface area contributed by atoms with E-state index in [4.69, 9.17) is 18.7 Å². The highest BCUT2D eigenvalue weighted by atomic mass is 16.6. The van der Waals surface area contributed by atoms with Crippen LogP contribution in [0.2, 0.25) is 0 Å². The summed E-state index contributed by atoms with van der Waals surface area (Å²) < 4.78 is 24.0. The Balaban J connectivity index is 1.24. The van der Waals surface area contributed by atoms with Gasteiger partial charge in [0.2, 0.25) is 0 Å². The number of hydrogen-bond donors (Lipinski definition) is 0. The zero-order valence-corrected chi connectivity index (χ0v) is 16.5. The smallest absolute Gasteiger partial charge is 0.310 e. The maximum absolute atomic E-state index is 12.4. The first-order valence-electron chi connectivity index (χ1n) is 9.71. The molecule has 0 atom stereocenters. The number of benzene rings is 2. The van der Waals surface area contributed by atoms with Gasteiger partial charge < -0.3 is 23.3 Å². The maximum atomic E-state index is 12.4. The minimum Gasteiger partial charge on any atom is -0.486 e. The van der Waals surface area contributed by atoms with Crippen molar-refractivity contribution in [1.29, 1.82) is 0 Å². The number of ether oxygens (including phenoxy) is 3. The average Bonchev–Trinajstić information content (AvgIpc) is 3.37. The molecule has 0 N–H and O–H groups in total. The molecule has 5 rings (SSSR count). The summed E-state index contributed by atoms with van der Waals surface area (Å²) >= 11 is 0. The molecule has 7 heteroatoms. The van der Waals surface area contributed by atoms with Crippen LogP contribution < -0.4 is 9.47 Å². The maximum Gasteiger partial charge on any atom is 0.310 e. The van der Waals surface area contributed by atoms with Gasteiger partial charge in [-0.1, -0.05) is 23.4 Å². The largest absolute Gasteiger partial charge is 0.486 e. The number of aryl methyl sites for hydroxylation is 1. The van der Waals surface area contributed by atoms with E-state index in [9.17, 15) is 4.79 Å². The van der Waals surface area contributed by atoms with E-state index < -0.39 is 0 Å². The van der Waals surface area contributed by atoms with Crippen molar-refractivity contribution in [1.82, 2.24) is 9.72 Å². The van der Waals surface area contributed by atoms with Crippen LogP contribution in [-0.2, 0) is 29.6 Å². The van der Waals surface area contributed by atoms with Crippen LogP contribution in [0.3, 0.4) is 0 Å². The van der Waals surface area contributed by atoms with Crippen LogP contribution in [0.15, 0.2) is 59.3 Å². The van der Waals surface area contributed by atoms with Gasteiger partial charge in [0.15, 0.2) is 17.3 Å². The molecule has 0 spiro atoms. The molecule has 1 aliphatic rings. The molecule has 152 valence electrons. The lowest BCUT2D eigenvalue weighted by Crippen LogP contribution is -2.15. The van der Waals surface area contributed by atoms with Crippen LogP contribution in [-0.4, -0.2) is 28.9 Å². The molecule has 0 saturated heterocycles. The fourth-order valence-corrected chi connectivity index (χ4v) is 3.64. The van der Waals surface area contributed by atoms with Crippen molar-refractivity contribution in [3.63, 3.8) is 0 Å². The van der Waals surface area contributed by atoms with E-state index >= 15 is 0 Å². The number of fused-ring (bicyclic) bond motifs is 2. The van der Waals surface area contributed by atoms with E-state index in [0.29, 0.717) is 36.2 Å². The van der Waals surface area contributed by atoms with Crippen LogP contribution >= 0.6 is 0 Å². The highest BCUT2D eigenvalue weighted by Crippen LogP contribution is 2.34. The summed E-state index contributed by atoms with van der Waals surface area (Å²) in [5, 5.41) is 5.06. The van der Waals surface area contributed by atoms with E-state index in [1.165, 1.54) is 0 Å². The van der Waals surface area contributed by atoms with E-state index in [1.54, 1.807) is 6.07 Å². The minimum atomic E-state index is -0.310. The summed E-state index contributed by atoms with van der Waals surface area (Å²) in [6.07, 6.45) is 2.16. The Kier molecular flexibility index (Phi) is 4.63. The number of aromatic nitrogens is 2. The molecule has 30 heavy (non-hydrogen) atoms. The summed E-state index contributed by atoms with van der Waals surface area (Å²) in [5.41, 5.74) is 3.39. The number of hydrogen-bond acceptors (Lipinski definition) is 6. The minimum absolute atomic E-state index is 0.0532. The zero-order valence-electron chi connectivity index (χ0n) is 16.5. The summed E-state index contributed by atoms with van der Waals surface area (Å²) in [6, 6.07) is 15.3. The number of esters is 1. The van der Waals surface area contributed by atoms with Gasteiger partial charge in [-0.3, -0.25) is 4.79 Å². The zero-order chi connectivity index (χ0) is 20.5. The van der Waals surface area contributed by atoms with Crippen LogP contribution in [0.25, 0.3) is 22.2 Å². The molecule has 4 aromatic rings. The molecule has 1 aliphatic heterocycles. The van der Waals surface area contributed by atoms with Crippen molar-refractivity contribution in [3.8, 4) is 22.8 Å². The fourth-order valence-electron chi connectivity index (χ4n) is 3.64. The summed E-state index contributed by atoms with van der Waals surface area (Å²) in [7, 11) is 1.96. The highest BCUT2D eigenvalue weighted by molar-refractivity contribution is 5.87. The molecular formula is C23H20N2O5. The van der Waals surface area contributed by atoms with Gasteiger partial charge in [0, 0.05) is 35.8 Å². The molecule has 0 bridgehead atoms. The van der Waals surface area contributed by atoms with Crippen molar-refractivity contribution < 1.29 is 23.5 Å². The molecular weight excluding hydrogens is 384 g/mol. The third kappa shape index (κ3) is 3.50. The number of nitrogens with zero attached hydrogens (tertiary/aromatic N) is 2. The lowest BCUT2D eigenvalue weighted by molar-refractivity contribution is -0.144. The molecule has 2 aromatic heterocycles. The van der Waals surface area contributed by atoms with Gasteiger partial charge in [0.1, 0.15) is 25.5 Å². The standard InChI is InChI=1S/C23H20N2O5/c1-25-13-16(18-4-2-3-5-19(18)25)11-23(26)29-14-17-12-21(30-24-17)15-6-7-20-22(10-15)28-9-8-27-20/h2-7,10,12-13H,8-9,11,14H2,1H3. The van der Waals surface area contributed by atoms with E-state index in [2.05, 4.69) is 5.16 Å². The topological polar surface area (TPSA) is 75.7 Å². The number of carbonyl (C=O) groups is 1. The van der Waals surface area contributed by atoms with Gasteiger partial charge in [-0.25, -0.2) is 0 Å². The van der Waals surface area contributed by atoms with Gasteiger partial charge in [0.05, 0.1) is 6.42 Å². The van der Waals surface area contributed by atoms with Crippen molar-refractivity contribution >= 4 is 16.9 Å². The predicted molar refractivity (Wildman–Crippen MR) is 109 cm³/mol. The molecule has 0 saturated carbocycles. The van der Waals surface area contributed by atoms with E-state index in [0.717, 1.165) is 22.0 Å². The Labute approximate surface area is 172 Å². The Hall–Kier alpha value is -3.74. The lowest BCUT2D eigenvalue weighted by atomic mass is 10.1. The first kappa shape index (κ1) is 18.3. The number of para-hydroxylation sites is 1. The number of carbonyl (C=O) groups excluding carboxylic acids is 1. The van der Waals surface area contributed by atoms with Gasteiger partial charge >= 0.3 is 5.97 Å². The second-order valence-electron chi connectivity index (χ2n) is 7.16. The molecule has 0 amide bonds. The molecule has 2 aromatic carbocycles. The van der Waals surface area contributed by atoms with E-state index in [1.807, 2.05) is 60.3 Å². The van der Waals surface area contributed by atoms with Gasteiger partial charge in [-0.2, -0.15) is 0 Å². The molecule has 3 heterocycles. The Morgan fingerprint density at radius 2 is 1.93 bits per heavy atom. The molecule has 0 unspecified atom stereocenters. The van der Waals surface area contributed by atoms with Crippen LogP contribution in [0.4, 0.5) is 0 Å². The van der Waals surface area contributed by atoms with Crippen molar-refractivity contribution in [2.75, 3.05) is 13.2 Å². The Morgan fingerprint density at radius 1 is 1.10 bits per heavy atom. The average molecular weight is 404 g/mol.